The normalized spacial score (nSPS) is 17.5. The van der Waals surface area contributed by atoms with Gasteiger partial charge in [-0.3, -0.25) is 14.9 Å². The van der Waals surface area contributed by atoms with Crippen molar-refractivity contribution in [1.29, 1.82) is 0 Å². The molecule has 0 aliphatic carbocycles. The molecule has 2 aromatic heterocycles. The first-order chi connectivity index (χ1) is 10.8. The van der Waals surface area contributed by atoms with Crippen molar-refractivity contribution in [2.45, 2.75) is 19.5 Å². The van der Waals surface area contributed by atoms with Crippen LogP contribution in [0, 0.1) is 0 Å². The molecular weight excluding hydrogens is 298 g/mol. The van der Waals surface area contributed by atoms with E-state index < -0.39 is 0 Å². The number of nitrogens with zero attached hydrogens (tertiary/aromatic N) is 4. The van der Waals surface area contributed by atoms with Gasteiger partial charge in [0.15, 0.2) is 0 Å². The van der Waals surface area contributed by atoms with Crippen LogP contribution in [0.5, 0.6) is 0 Å². The lowest BCUT2D eigenvalue weighted by molar-refractivity contribution is 0.0343. The molecular formula is C15H21N5OS. The standard InChI is InChI=1S/C15H21N5OS/c1-12(10-20-4-6-21-7-5-20)18-8-13-11-22-15(19-13)14-9-16-2-3-17-14/h2-3,9,11-12,18H,4-8,10H2,1H3. The van der Waals surface area contributed by atoms with Crippen LogP contribution in [0.4, 0.5) is 0 Å². The van der Waals surface area contributed by atoms with Crippen LogP contribution < -0.4 is 5.32 Å². The second-order valence-corrected chi connectivity index (χ2v) is 6.29. The van der Waals surface area contributed by atoms with Crippen LogP contribution in [0.15, 0.2) is 24.0 Å². The van der Waals surface area contributed by atoms with Gasteiger partial charge in [-0.05, 0) is 6.92 Å². The summed E-state index contributed by atoms with van der Waals surface area (Å²) in [5.74, 6) is 0. The Balaban J connectivity index is 1.48. The van der Waals surface area contributed by atoms with Gasteiger partial charge in [0.05, 0.1) is 25.1 Å². The Hall–Kier alpha value is -1.41. The maximum Gasteiger partial charge on any atom is 0.143 e. The number of rotatable bonds is 6. The average molecular weight is 319 g/mol. The van der Waals surface area contributed by atoms with Gasteiger partial charge >= 0.3 is 0 Å². The first-order valence-corrected chi connectivity index (χ1v) is 8.43. The smallest absolute Gasteiger partial charge is 0.143 e. The van der Waals surface area contributed by atoms with Crippen molar-refractivity contribution in [3.63, 3.8) is 0 Å². The van der Waals surface area contributed by atoms with Crippen LogP contribution in [-0.2, 0) is 11.3 Å². The first kappa shape index (κ1) is 15.5. The SMILES string of the molecule is CC(CN1CCOCC1)NCc1csc(-c2cnccn2)n1. The van der Waals surface area contributed by atoms with Crippen molar-refractivity contribution < 1.29 is 4.74 Å². The van der Waals surface area contributed by atoms with E-state index in [2.05, 4.69) is 37.5 Å². The zero-order valence-corrected chi connectivity index (χ0v) is 13.6. The van der Waals surface area contributed by atoms with Crippen LogP contribution in [0.2, 0.25) is 0 Å². The lowest BCUT2D eigenvalue weighted by Crippen LogP contribution is -2.44. The molecule has 1 N–H and O–H groups in total. The zero-order chi connectivity index (χ0) is 15.2. The van der Waals surface area contributed by atoms with Gasteiger partial charge in [0.25, 0.3) is 0 Å². The van der Waals surface area contributed by atoms with Crippen LogP contribution in [0.1, 0.15) is 12.6 Å². The summed E-state index contributed by atoms with van der Waals surface area (Å²) in [6.07, 6.45) is 5.11. The summed E-state index contributed by atoms with van der Waals surface area (Å²) in [7, 11) is 0. The molecule has 1 fully saturated rings. The lowest BCUT2D eigenvalue weighted by Gasteiger charge is -2.29. The summed E-state index contributed by atoms with van der Waals surface area (Å²) in [6.45, 7) is 7.79. The van der Waals surface area contributed by atoms with Crippen LogP contribution >= 0.6 is 11.3 Å². The van der Waals surface area contributed by atoms with Gasteiger partial charge in [-0.2, -0.15) is 0 Å². The molecule has 3 rings (SSSR count). The highest BCUT2D eigenvalue weighted by atomic mass is 32.1. The Kier molecular flexibility index (Phi) is 5.44. The molecule has 0 bridgehead atoms. The summed E-state index contributed by atoms with van der Waals surface area (Å²) >= 11 is 1.61. The Labute approximate surface area is 134 Å². The van der Waals surface area contributed by atoms with E-state index in [1.807, 2.05) is 0 Å². The minimum atomic E-state index is 0.430. The van der Waals surface area contributed by atoms with Crippen molar-refractivity contribution in [2.24, 2.45) is 0 Å². The largest absolute Gasteiger partial charge is 0.379 e. The Morgan fingerprint density at radius 3 is 3.00 bits per heavy atom. The molecule has 1 aliphatic heterocycles. The second kappa shape index (κ2) is 7.73. The number of hydrogen-bond donors (Lipinski definition) is 1. The van der Waals surface area contributed by atoms with Gasteiger partial charge in [-0.15, -0.1) is 11.3 Å². The molecule has 3 heterocycles. The van der Waals surface area contributed by atoms with Gasteiger partial charge < -0.3 is 10.1 Å². The first-order valence-electron chi connectivity index (χ1n) is 7.55. The fraction of sp³-hybridized carbons (Fsp3) is 0.533. The van der Waals surface area contributed by atoms with E-state index in [9.17, 15) is 0 Å². The molecule has 0 spiro atoms. The minimum absolute atomic E-state index is 0.430. The van der Waals surface area contributed by atoms with E-state index in [-0.39, 0.29) is 0 Å². The lowest BCUT2D eigenvalue weighted by atomic mass is 10.3. The number of morpholine rings is 1. The molecule has 1 aliphatic rings. The Morgan fingerprint density at radius 1 is 1.36 bits per heavy atom. The third-order valence-corrected chi connectivity index (χ3v) is 4.52. The van der Waals surface area contributed by atoms with Crippen LogP contribution in [-0.4, -0.2) is 58.7 Å². The average Bonchev–Trinajstić information content (AvgIpc) is 3.04. The minimum Gasteiger partial charge on any atom is -0.379 e. The molecule has 7 heteroatoms. The maximum absolute atomic E-state index is 5.37. The van der Waals surface area contributed by atoms with Crippen LogP contribution in [0.3, 0.4) is 0 Å². The van der Waals surface area contributed by atoms with Crippen molar-refractivity contribution >= 4 is 11.3 Å². The summed E-state index contributed by atoms with van der Waals surface area (Å²) in [5, 5.41) is 6.54. The van der Waals surface area contributed by atoms with Crippen molar-refractivity contribution in [2.75, 3.05) is 32.8 Å². The quantitative estimate of drug-likeness (QED) is 0.868. The van der Waals surface area contributed by atoms with Gasteiger partial charge in [0, 0.05) is 50.0 Å². The summed E-state index contributed by atoms with van der Waals surface area (Å²) in [5.41, 5.74) is 1.89. The predicted molar refractivity (Wildman–Crippen MR) is 86.7 cm³/mol. The topological polar surface area (TPSA) is 63.2 Å². The van der Waals surface area contributed by atoms with Crippen molar-refractivity contribution in [3.8, 4) is 10.7 Å². The molecule has 1 saturated heterocycles. The molecule has 22 heavy (non-hydrogen) atoms. The van der Waals surface area contributed by atoms with Gasteiger partial charge in [0.1, 0.15) is 10.7 Å². The van der Waals surface area contributed by atoms with E-state index in [0.717, 1.165) is 55.8 Å². The summed E-state index contributed by atoms with van der Waals surface area (Å²) < 4.78 is 5.37. The van der Waals surface area contributed by atoms with Gasteiger partial charge in [0.2, 0.25) is 0 Å². The molecule has 0 amide bonds. The van der Waals surface area contributed by atoms with E-state index in [1.54, 1.807) is 29.9 Å². The molecule has 0 aromatic carbocycles. The predicted octanol–water partition coefficient (Wildman–Crippen LogP) is 1.41. The maximum atomic E-state index is 5.37. The second-order valence-electron chi connectivity index (χ2n) is 5.43. The number of nitrogens with one attached hydrogen (secondary N) is 1. The van der Waals surface area contributed by atoms with Gasteiger partial charge in [-0.1, -0.05) is 0 Å². The number of hydrogen-bond acceptors (Lipinski definition) is 7. The number of aromatic nitrogens is 3. The molecule has 118 valence electrons. The summed E-state index contributed by atoms with van der Waals surface area (Å²) in [6, 6.07) is 0.430. The third-order valence-electron chi connectivity index (χ3n) is 3.60. The highest BCUT2D eigenvalue weighted by Crippen LogP contribution is 2.20. The fourth-order valence-corrected chi connectivity index (χ4v) is 3.21. The van der Waals surface area contributed by atoms with Crippen LogP contribution in [0.25, 0.3) is 10.7 Å². The van der Waals surface area contributed by atoms with E-state index >= 15 is 0 Å². The molecule has 6 nitrogen and oxygen atoms in total. The van der Waals surface area contributed by atoms with E-state index in [1.165, 1.54) is 0 Å². The zero-order valence-electron chi connectivity index (χ0n) is 12.7. The van der Waals surface area contributed by atoms with Crippen molar-refractivity contribution in [3.05, 3.63) is 29.7 Å². The Morgan fingerprint density at radius 2 is 2.23 bits per heavy atom. The third kappa shape index (κ3) is 4.30. The highest BCUT2D eigenvalue weighted by molar-refractivity contribution is 7.13. The number of thiazole rings is 1. The molecule has 0 saturated carbocycles. The highest BCUT2D eigenvalue weighted by Gasteiger charge is 2.14. The van der Waals surface area contributed by atoms with E-state index in [0.29, 0.717) is 6.04 Å². The van der Waals surface area contributed by atoms with Crippen molar-refractivity contribution in [1.82, 2.24) is 25.2 Å². The van der Waals surface area contributed by atoms with Gasteiger partial charge in [-0.25, -0.2) is 4.98 Å². The fourth-order valence-electron chi connectivity index (χ4n) is 2.43. The molecule has 2 aromatic rings. The molecule has 1 unspecified atom stereocenters. The molecule has 1 atom stereocenters. The van der Waals surface area contributed by atoms with E-state index in [4.69, 9.17) is 4.74 Å². The monoisotopic (exact) mass is 319 g/mol. The number of ether oxygens (including phenoxy) is 1. The molecule has 0 radical (unpaired) electrons. The summed E-state index contributed by atoms with van der Waals surface area (Å²) in [4.78, 5) is 15.4. The Bertz CT molecular complexity index is 570.